The second-order valence-electron chi connectivity index (χ2n) is 7.24. The number of aromatic amines is 1. The number of aryl methyl sites for hydroxylation is 2. The highest BCUT2D eigenvalue weighted by Gasteiger charge is 2.30. The van der Waals surface area contributed by atoms with Gasteiger partial charge in [0.2, 0.25) is 0 Å². The van der Waals surface area contributed by atoms with Crippen molar-refractivity contribution in [3.8, 4) is 0 Å². The van der Waals surface area contributed by atoms with Gasteiger partial charge in [-0.2, -0.15) is 0 Å². The zero-order valence-corrected chi connectivity index (χ0v) is 16.2. The molecule has 0 unspecified atom stereocenters. The van der Waals surface area contributed by atoms with E-state index in [0.29, 0.717) is 30.9 Å². The SMILES string of the molecule is CC(=O)c1cc(C(=O)N2CCN(c3ccc(C)cc3)C[C@@H]2C)c(=O)[nH]c1C. The highest BCUT2D eigenvalue weighted by Crippen LogP contribution is 2.21. The van der Waals surface area contributed by atoms with Crippen LogP contribution in [0.15, 0.2) is 35.1 Å². The van der Waals surface area contributed by atoms with Crippen LogP contribution in [-0.4, -0.2) is 47.3 Å². The number of piperazine rings is 1. The van der Waals surface area contributed by atoms with Gasteiger partial charge < -0.3 is 14.8 Å². The number of H-pyrrole nitrogens is 1. The van der Waals surface area contributed by atoms with E-state index in [4.69, 9.17) is 0 Å². The maximum atomic E-state index is 13.0. The van der Waals surface area contributed by atoms with Crippen molar-refractivity contribution in [3.05, 3.63) is 63.1 Å². The fourth-order valence-electron chi connectivity index (χ4n) is 3.55. The predicted octanol–water partition coefficient (Wildman–Crippen LogP) is 2.55. The molecular formula is C21H25N3O3. The summed E-state index contributed by atoms with van der Waals surface area (Å²) in [6, 6.07) is 9.71. The van der Waals surface area contributed by atoms with E-state index >= 15 is 0 Å². The largest absolute Gasteiger partial charge is 0.368 e. The third-order valence-corrected chi connectivity index (χ3v) is 5.14. The Balaban J connectivity index is 1.81. The Morgan fingerprint density at radius 1 is 1.07 bits per heavy atom. The van der Waals surface area contributed by atoms with Crippen molar-refractivity contribution in [2.75, 3.05) is 24.5 Å². The number of ketones is 1. The number of amides is 1. The van der Waals surface area contributed by atoms with Gasteiger partial charge in [-0.3, -0.25) is 14.4 Å². The Morgan fingerprint density at radius 3 is 2.33 bits per heavy atom. The standard InChI is InChI=1S/C21H25N3O3/c1-13-5-7-17(8-6-13)23-9-10-24(14(2)12-23)21(27)19-11-18(16(4)25)15(3)22-20(19)26/h5-8,11,14H,9-10,12H2,1-4H3,(H,22,26)/t14-/m0/s1. The fraction of sp³-hybridized carbons (Fsp3) is 0.381. The Bertz CT molecular complexity index is 931. The molecule has 0 radical (unpaired) electrons. The van der Waals surface area contributed by atoms with Gasteiger partial charge in [0.25, 0.3) is 11.5 Å². The van der Waals surface area contributed by atoms with Crippen molar-refractivity contribution in [1.29, 1.82) is 0 Å². The van der Waals surface area contributed by atoms with Gasteiger partial charge in [-0.15, -0.1) is 0 Å². The molecule has 2 aromatic rings. The average molecular weight is 367 g/mol. The van der Waals surface area contributed by atoms with Gasteiger partial charge in [0, 0.05) is 42.6 Å². The van der Waals surface area contributed by atoms with Crippen LogP contribution in [0.25, 0.3) is 0 Å². The quantitative estimate of drug-likeness (QED) is 0.846. The molecule has 142 valence electrons. The predicted molar refractivity (Wildman–Crippen MR) is 106 cm³/mol. The van der Waals surface area contributed by atoms with Crippen LogP contribution in [-0.2, 0) is 0 Å². The van der Waals surface area contributed by atoms with Crippen molar-refractivity contribution < 1.29 is 9.59 Å². The Kier molecular flexibility index (Phi) is 5.17. The third-order valence-electron chi connectivity index (χ3n) is 5.14. The summed E-state index contributed by atoms with van der Waals surface area (Å²) in [5.74, 6) is -0.496. The number of benzene rings is 1. The summed E-state index contributed by atoms with van der Waals surface area (Å²) in [6.07, 6.45) is 0. The molecule has 1 atom stereocenters. The number of anilines is 1. The number of pyridine rings is 1. The van der Waals surface area contributed by atoms with Gasteiger partial charge >= 0.3 is 0 Å². The van der Waals surface area contributed by atoms with Crippen LogP contribution in [0.3, 0.4) is 0 Å². The van der Waals surface area contributed by atoms with Crippen LogP contribution in [0.1, 0.15) is 45.8 Å². The summed E-state index contributed by atoms with van der Waals surface area (Å²) in [5.41, 5.74) is 2.79. The highest BCUT2D eigenvalue weighted by atomic mass is 16.2. The highest BCUT2D eigenvalue weighted by molar-refractivity contribution is 6.00. The molecule has 0 aliphatic carbocycles. The van der Waals surface area contributed by atoms with E-state index in [0.717, 1.165) is 5.69 Å². The van der Waals surface area contributed by atoms with Crippen molar-refractivity contribution in [2.45, 2.75) is 33.7 Å². The summed E-state index contributed by atoms with van der Waals surface area (Å²) in [5, 5.41) is 0. The van der Waals surface area contributed by atoms with Crippen LogP contribution in [0.2, 0.25) is 0 Å². The fourth-order valence-corrected chi connectivity index (χ4v) is 3.55. The number of Topliss-reactive ketones (excluding diaryl/α,β-unsaturated/α-hetero) is 1. The minimum absolute atomic E-state index is 0.0291. The van der Waals surface area contributed by atoms with Crippen LogP contribution in [0, 0.1) is 13.8 Å². The van der Waals surface area contributed by atoms with E-state index < -0.39 is 5.56 Å². The summed E-state index contributed by atoms with van der Waals surface area (Å²) < 4.78 is 0. The maximum absolute atomic E-state index is 13.0. The van der Waals surface area contributed by atoms with E-state index in [-0.39, 0.29) is 23.3 Å². The first-order chi connectivity index (χ1) is 12.8. The lowest BCUT2D eigenvalue weighted by Crippen LogP contribution is -2.54. The lowest BCUT2D eigenvalue weighted by molar-refractivity contribution is 0.0672. The Labute approximate surface area is 158 Å². The van der Waals surface area contributed by atoms with Crippen LogP contribution in [0.4, 0.5) is 5.69 Å². The molecule has 1 N–H and O–H groups in total. The number of carbonyl (C=O) groups is 2. The second kappa shape index (κ2) is 7.39. The lowest BCUT2D eigenvalue weighted by atomic mass is 10.1. The number of nitrogens with zero attached hydrogens (tertiary/aromatic N) is 2. The molecular weight excluding hydrogens is 342 g/mol. The molecule has 27 heavy (non-hydrogen) atoms. The molecule has 1 aromatic carbocycles. The first-order valence-corrected chi connectivity index (χ1v) is 9.15. The summed E-state index contributed by atoms with van der Waals surface area (Å²) in [4.78, 5) is 43.6. The van der Waals surface area contributed by atoms with E-state index in [1.807, 2.05) is 6.92 Å². The van der Waals surface area contributed by atoms with Crippen molar-refractivity contribution in [1.82, 2.24) is 9.88 Å². The minimum Gasteiger partial charge on any atom is -0.368 e. The molecule has 6 nitrogen and oxygen atoms in total. The molecule has 1 saturated heterocycles. The van der Waals surface area contributed by atoms with Gasteiger partial charge in [0.15, 0.2) is 5.78 Å². The van der Waals surface area contributed by atoms with Crippen LogP contribution < -0.4 is 10.5 Å². The molecule has 1 fully saturated rings. The van der Waals surface area contributed by atoms with Crippen LogP contribution >= 0.6 is 0 Å². The zero-order valence-electron chi connectivity index (χ0n) is 16.2. The molecule has 0 bridgehead atoms. The minimum atomic E-state index is -0.448. The van der Waals surface area contributed by atoms with Crippen LogP contribution in [0.5, 0.6) is 0 Å². The number of aromatic nitrogens is 1. The molecule has 1 amide bonds. The molecule has 1 aliphatic heterocycles. The molecule has 0 saturated carbocycles. The average Bonchev–Trinajstić information content (AvgIpc) is 2.61. The number of carbonyl (C=O) groups excluding carboxylic acids is 2. The molecule has 6 heteroatoms. The van der Waals surface area contributed by atoms with E-state index in [1.165, 1.54) is 18.6 Å². The van der Waals surface area contributed by atoms with Gasteiger partial charge in [-0.05, 0) is 45.9 Å². The number of nitrogens with one attached hydrogen (secondary N) is 1. The monoisotopic (exact) mass is 367 g/mol. The van der Waals surface area contributed by atoms with Crippen molar-refractivity contribution in [3.63, 3.8) is 0 Å². The van der Waals surface area contributed by atoms with Gasteiger partial charge in [0.05, 0.1) is 0 Å². The number of hydrogen-bond donors (Lipinski definition) is 1. The Morgan fingerprint density at radius 2 is 1.74 bits per heavy atom. The van der Waals surface area contributed by atoms with Gasteiger partial charge in [0.1, 0.15) is 5.56 Å². The van der Waals surface area contributed by atoms with Crippen molar-refractivity contribution >= 4 is 17.4 Å². The molecule has 0 spiro atoms. The maximum Gasteiger partial charge on any atom is 0.261 e. The summed E-state index contributed by atoms with van der Waals surface area (Å²) in [6.45, 7) is 9.04. The summed E-state index contributed by atoms with van der Waals surface area (Å²) in [7, 11) is 0. The van der Waals surface area contributed by atoms with E-state index in [2.05, 4.69) is 41.1 Å². The zero-order chi connectivity index (χ0) is 19.7. The summed E-state index contributed by atoms with van der Waals surface area (Å²) >= 11 is 0. The van der Waals surface area contributed by atoms with Gasteiger partial charge in [-0.25, -0.2) is 0 Å². The molecule has 1 aliphatic rings. The third kappa shape index (κ3) is 3.79. The smallest absolute Gasteiger partial charge is 0.261 e. The molecule has 2 heterocycles. The normalized spacial score (nSPS) is 17.1. The first-order valence-electron chi connectivity index (χ1n) is 9.15. The van der Waals surface area contributed by atoms with E-state index in [9.17, 15) is 14.4 Å². The second-order valence-corrected chi connectivity index (χ2v) is 7.24. The Hall–Kier alpha value is -2.89. The topological polar surface area (TPSA) is 73.5 Å². The lowest BCUT2D eigenvalue weighted by Gasteiger charge is -2.41. The molecule has 3 rings (SSSR count). The number of rotatable bonds is 3. The van der Waals surface area contributed by atoms with E-state index in [1.54, 1.807) is 11.8 Å². The number of hydrogen-bond acceptors (Lipinski definition) is 4. The first kappa shape index (κ1) is 18.9. The van der Waals surface area contributed by atoms with Gasteiger partial charge in [-0.1, -0.05) is 17.7 Å². The van der Waals surface area contributed by atoms with Crippen molar-refractivity contribution in [2.24, 2.45) is 0 Å². The molecule has 1 aromatic heterocycles.